The maximum atomic E-state index is 10.6. The predicted octanol–water partition coefficient (Wildman–Crippen LogP) is 15.7. The lowest BCUT2D eigenvalue weighted by Crippen LogP contribution is -2.04. The Morgan fingerprint density at radius 1 is 0.270 bits per heavy atom. The van der Waals surface area contributed by atoms with Crippen LogP contribution in [-0.2, 0) is 0 Å². The van der Waals surface area contributed by atoms with E-state index in [2.05, 4.69) is 130 Å². The third kappa shape index (κ3) is 7.42. The Balaban J connectivity index is 1.10. The molecule has 0 aliphatic heterocycles. The Bertz CT molecular complexity index is 4470. The number of benzene rings is 10. The molecule has 8 heteroatoms. The van der Waals surface area contributed by atoms with E-state index in [1.807, 2.05) is 127 Å². The van der Waals surface area contributed by atoms with E-state index >= 15 is 0 Å². The minimum Gasteiger partial charge on any atom is -0.309 e. The average molecular weight is 943 g/mol. The molecule has 0 saturated carbocycles. The van der Waals surface area contributed by atoms with Crippen molar-refractivity contribution in [1.82, 2.24) is 24.1 Å². The molecule has 342 valence electrons. The Morgan fingerprint density at radius 2 is 0.689 bits per heavy atom. The standard InChI is InChI=1S/C66H38N8/c67-39-42-13-11-19-47(33-42)49-26-30-60-55(36-49)52-21-7-9-23-58(52)73(60)61-32-28-51(66-71-64(45-15-3-1-4-16-45)70-65(72-66)46-17-5-2-6-18-46)38-57(61)54-29-25-44(41-69)35-63(54)74-59-24-10-8-22-53(59)56-37-50(27-31-62(56)74)48-20-12-14-43(34-48)40-68/h1-38H. The first kappa shape index (κ1) is 43.3. The van der Waals surface area contributed by atoms with Gasteiger partial charge in [0.2, 0.25) is 0 Å². The predicted molar refractivity (Wildman–Crippen MR) is 295 cm³/mol. The van der Waals surface area contributed by atoms with Gasteiger partial charge in [-0.2, -0.15) is 15.8 Å². The minimum atomic E-state index is 0.511. The molecular formula is C66H38N8. The highest BCUT2D eigenvalue weighted by Crippen LogP contribution is 2.44. The first-order valence-electron chi connectivity index (χ1n) is 24.2. The molecule has 0 amide bonds. The van der Waals surface area contributed by atoms with E-state index < -0.39 is 0 Å². The third-order valence-electron chi connectivity index (χ3n) is 13.8. The van der Waals surface area contributed by atoms with Gasteiger partial charge in [0.05, 0.1) is 68.3 Å². The van der Waals surface area contributed by atoms with Gasteiger partial charge in [-0.1, -0.05) is 140 Å². The molecule has 0 saturated heterocycles. The van der Waals surface area contributed by atoms with Gasteiger partial charge < -0.3 is 9.13 Å². The number of nitriles is 3. The molecule has 0 atom stereocenters. The maximum Gasteiger partial charge on any atom is 0.164 e. The molecule has 0 N–H and O–H groups in total. The van der Waals surface area contributed by atoms with E-state index in [9.17, 15) is 15.8 Å². The van der Waals surface area contributed by atoms with Gasteiger partial charge in [-0.05, 0) is 113 Å². The molecule has 0 aliphatic rings. The van der Waals surface area contributed by atoms with Crippen LogP contribution in [0, 0.1) is 34.0 Å². The summed E-state index contributed by atoms with van der Waals surface area (Å²) in [4.78, 5) is 15.4. The van der Waals surface area contributed by atoms with E-state index in [1.54, 1.807) is 0 Å². The second-order valence-electron chi connectivity index (χ2n) is 18.2. The zero-order valence-electron chi connectivity index (χ0n) is 39.5. The quantitative estimate of drug-likeness (QED) is 0.150. The molecule has 8 nitrogen and oxygen atoms in total. The number of aromatic nitrogens is 5. The molecule has 13 rings (SSSR count). The van der Waals surface area contributed by atoms with Crippen molar-refractivity contribution in [2.24, 2.45) is 0 Å². The number of nitrogens with zero attached hydrogens (tertiary/aromatic N) is 8. The summed E-state index contributed by atoms with van der Waals surface area (Å²) < 4.78 is 4.59. The zero-order valence-corrected chi connectivity index (χ0v) is 39.5. The highest BCUT2D eigenvalue weighted by molar-refractivity contribution is 6.13. The fourth-order valence-electron chi connectivity index (χ4n) is 10.4. The van der Waals surface area contributed by atoms with Crippen LogP contribution in [0.4, 0.5) is 0 Å². The molecule has 0 radical (unpaired) electrons. The molecule has 0 spiro atoms. The van der Waals surface area contributed by atoms with E-state index in [0.717, 1.165) is 105 Å². The minimum absolute atomic E-state index is 0.511. The molecule has 0 fully saturated rings. The van der Waals surface area contributed by atoms with Gasteiger partial charge in [-0.25, -0.2) is 15.0 Å². The fourth-order valence-corrected chi connectivity index (χ4v) is 10.4. The van der Waals surface area contributed by atoms with Crippen LogP contribution in [0.2, 0.25) is 0 Å². The van der Waals surface area contributed by atoms with Crippen LogP contribution in [0.5, 0.6) is 0 Å². The largest absolute Gasteiger partial charge is 0.309 e. The van der Waals surface area contributed by atoms with Crippen molar-refractivity contribution in [2.45, 2.75) is 0 Å². The summed E-state index contributed by atoms with van der Waals surface area (Å²) in [5.74, 6) is 1.63. The highest BCUT2D eigenvalue weighted by atomic mass is 15.0. The maximum absolute atomic E-state index is 10.6. The number of hydrogen-bond acceptors (Lipinski definition) is 6. The molecule has 13 aromatic rings. The van der Waals surface area contributed by atoms with Gasteiger partial charge in [0.25, 0.3) is 0 Å². The van der Waals surface area contributed by atoms with Crippen LogP contribution in [0.1, 0.15) is 16.7 Å². The summed E-state index contributed by atoms with van der Waals surface area (Å²) in [6.07, 6.45) is 0. The SMILES string of the molecule is N#Cc1cccc(-c2ccc3c(c2)c2ccccc2n3-c2ccc(-c3nc(-c4ccccc4)nc(-c4ccccc4)n3)cc2-c2ccc(C#N)cc2-n2c3ccccc3c3cc(-c4cccc(C#N)c4)ccc32)c1. The van der Waals surface area contributed by atoms with Gasteiger partial charge in [-0.15, -0.1) is 0 Å². The van der Waals surface area contributed by atoms with Crippen molar-refractivity contribution in [3.8, 4) is 97.1 Å². The van der Waals surface area contributed by atoms with Crippen LogP contribution < -0.4 is 0 Å². The zero-order chi connectivity index (χ0) is 49.7. The van der Waals surface area contributed by atoms with Crippen LogP contribution in [0.25, 0.3) is 123 Å². The van der Waals surface area contributed by atoms with Crippen molar-refractivity contribution in [1.29, 1.82) is 15.8 Å². The van der Waals surface area contributed by atoms with Gasteiger partial charge in [0.15, 0.2) is 17.5 Å². The van der Waals surface area contributed by atoms with Crippen LogP contribution in [0.15, 0.2) is 231 Å². The topological polar surface area (TPSA) is 120 Å². The smallest absolute Gasteiger partial charge is 0.164 e. The number of rotatable bonds is 8. The summed E-state index contributed by atoms with van der Waals surface area (Å²) >= 11 is 0. The van der Waals surface area contributed by atoms with E-state index in [4.69, 9.17) is 15.0 Å². The van der Waals surface area contributed by atoms with Crippen molar-refractivity contribution in [3.63, 3.8) is 0 Å². The summed E-state index contributed by atoms with van der Waals surface area (Å²) in [6.45, 7) is 0. The van der Waals surface area contributed by atoms with Crippen molar-refractivity contribution >= 4 is 43.6 Å². The Hall–Kier alpha value is -10.7. The average Bonchev–Trinajstić information content (AvgIpc) is 4.00. The lowest BCUT2D eigenvalue weighted by atomic mass is 9.96. The number of para-hydroxylation sites is 2. The molecule has 0 bridgehead atoms. The van der Waals surface area contributed by atoms with Gasteiger partial charge in [-0.3, -0.25) is 0 Å². The van der Waals surface area contributed by atoms with Crippen molar-refractivity contribution in [3.05, 3.63) is 247 Å². The molecule has 74 heavy (non-hydrogen) atoms. The summed E-state index contributed by atoms with van der Waals surface area (Å²) in [6, 6.07) is 84.5. The third-order valence-corrected chi connectivity index (χ3v) is 13.8. The van der Waals surface area contributed by atoms with Gasteiger partial charge in [0.1, 0.15) is 0 Å². The second kappa shape index (κ2) is 17.9. The van der Waals surface area contributed by atoms with Gasteiger partial charge >= 0.3 is 0 Å². The lowest BCUT2D eigenvalue weighted by molar-refractivity contribution is 1.07. The molecule has 3 heterocycles. The Kier molecular flexibility index (Phi) is 10.5. The van der Waals surface area contributed by atoms with Crippen molar-refractivity contribution in [2.75, 3.05) is 0 Å². The molecule has 3 aromatic heterocycles. The van der Waals surface area contributed by atoms with E-state index in [0.29, 0.717) is 34.2 Å². The molecule has 0 aliphatic carbocycles. The fraction of sp³-hybridized carbons (Fsp3) is 0. The number of fused-ring (bicyclic) bond motifs is 6. The van der Waals surface area contributed by atoms with Gasteiger partial charge in [0, 0.05) is 49.4 Å². The highest BCUT2D eigenvalue weighted by Gasteiger charge is 2.23. The Morgan fingerprint density at radius 3 is 1.22 bits per heavy atom. The van der Waals surface area contributed by atoms with Crippen LogP contribution >= 0.6 is 0 Å². The number of hydrogen-bond donors (Lipinski definition) is 0. The van der Waals surface area contributed by atoms with Crippen LogP contribution in [0.3, 0.4) is 0 Å². The summed E-state index contributed by atoms with van der Waals surface area (Å²) in [5.41, 5.74) is 15.6. The van der Waals surface area contributed by atoms with Crippen LogP contribution in [-0.4, -0.2) is 24.1 Å². The molecule has 10 aromatic carbocycles. The Labute approximate surface area is 425 Å². The second-order valence-corrected chi connectivity index (χ2v) is 18.2. The van der Waals surface area contributed by atoms with Crippen molar-refractivity contribution < 1.29 is 0 Å². The normalized spacial score (nSPS) is 11.2. The van der Waals surface area contributed by atoms with E-state index in [1.165, 1.54) is 0 Å². The lowest BCUT2D eigenvalue weighted by Gasteiger charge is -2.20. The van der Waals surface area contributed by atoms with E-state index in [-0.39, 0.29) is 0 Å². The molecular weight excluding hydrogens is 905 g/mol. The first-order chi connectivity index (χ1) is 36.5. The summed E-state index contributed by atoms with van der Waals surface area (Å²) in [7, 11) is 0. The monoisotopic (exact) mass is 942 g/mol. The molecule has 0 unspecified atom stereocenters. The summed E-state index contributed by atoms with van der Waals surface area (Å²) in [5, 5.41) is 34.4. The first-order valence-corrected chi connectivity index (χ1v) is 24.2.